The Balaban J connectivity index is 2.19. The highest BCUT2D eigenvalue weighted by molar-refractivity contribution is 5.96. The fraction of sp³-hybridized carbons (Fsp3) is 0.500. The van der Waals surface area contributed by atoms with Crippen molar-refractivity contribution in [1.29, 1.82) is 0 Å². The van der Waals surface area contributed by atoms with Gasteiger partial charge < -0.3 is 14.7 Å². The number of carboxylic acids is 1. The van der Waals surface area contributed by atoms with Crippen LogP contribution in [0.15, 0.2) is 18.3 Å². The lowest BCUT2D eigenvalue weighted by molar-refractivity contribution is -0.0440. The van der Waals surface area contributed by atoms with Crippen LogP contribution in [0.3, 0.4) is 0 Å². The van der Waals surface area contributed by atoms with Crippen LogP contribution in [0.4, 0.5) is 0 Å². The molecular formula is C14H18N2O4. The van der Waals surface area contributed by atoms with E-state index in [9.17, 15) is 9.59 Å². The van der Waals surface area contributed by atoms with Gasteiger partial charge in [0.25, 0.3) is 5.91 Å². The van der Waals surface area contributed by atoms with Crippen molar-refractivity contribution in [1.82, 2.24) is 9.88 Å². The lowest BCUT2D eigenvalue weighted by Gasteiger charge is -2.39. The Labute approximate surface area is 117 Å². The number of hydrogen-bond acceptors (Lipinski definition) is 4. The molecule has 1 aliphatic rings. The van der Waals surface area contributed by atoms with Crippen LogP contribution in [0.2, 0.25) is 0 Å². The van der Waals surface area contributed by atoms with Gasteiger partial charge in [0, 0.05) is 32.0 Å². The van der Waals surface area contributed by atoms with Crippen LogP contribution in [0.1, 0.15) is 40.6 Å². The summed E-state index contributed by atoms with van der Waals surface area (Å²) in [7, 11) is 1.64. The number of aromatic nitrogens is 1. The van der Waals surface area contributed by atoms with E-state index in [2.05, 4.69) is 4.98 Å². The summed E-state index contributed by atoms with van der Waals surface area (Å²) in [6.45, 7) is 3.14. The number of carbonyl (C=O) groups excluding carboxylic acids is 1. The van der Waals surface area contributed by atoms with E-state index in [1.807, 2.05) is 6.92 Å². The average Bonchev–Trinajstić information content (AvgIpc) is 2.46. The third kappa shape index (κ3) is 2.96. The Morgan fingerprint density at radius 1 is 1.50 bits per heavy atom. The van der Waals surface area contributed by atoms with Crippen molar-refractivity contribution < 1.29 is 19.4 Å². The van der Waals surface area contributed by atoms with E-state index in [4.69, 9.17) is 9.84 Å². The van der Waals surface area contributed by atoms with E-state index >= 15 is 0 Å². The number of carbonyl (C=O) groups is 2. The predicted octanol–water partition coefficient (Wildman–Crippen LogP) is 1.42. The second-order valence-corrected chi connectivity index (χ2v) is 5.22. The number of hydrogen-bond donors (Lipinski definition) is 1. The van der Waals surface area contributed by atoms with Crippen molar-refractivity contribution in [2.45, 2.75) is 25.4 Å². The summed E-state index contributed by atoms with van der Waals surface area (Å²) in [6, 6.07) is 2.84. The number of rotatable bonds is 3. The summed E-state index contributed by atoms with van der Waals surface area (Å²) in [5.41, 5.74) is -0.114. The quantitative estimate of drug-likeness (QED) is 0.904. The molecule has 1 saturated heterocycles. The minimum atomic E-state index is -1.14. The summed E-state index contributed by atoms with van der Waals surface area (Å²) >= 11 is 0. The molecule has 1 fully saturated rings. The Morgan fingerprint density at radius 3 is 2.90 bits per heavy atom. The first-order chi connectivity index (χ1) is 9.45. The summed E-state index contributed by atoms with van der Waals surface area (Å²) in [4.78, 5) is 28.7. The number of carboxylic acid groups (broad SMARTS) is 1. The molecule has 1 aromatic heterocycles. The molecule has 108 valence electrons. The second-order valence-electron chi connectivity index (χ2n) is 5.22. The van der Waals surface area contributed by atoms with Gasteiger partial charge in [-0.2, -0.15) is 0 Å². The van der Waals surface area contributed by atoms with Gasteiger partial charge in [0.2, 0.25) is 0 Å². The van der Waals surface area contributed by atoms with Gasteiger partial charge in [0.05, 0.1) is 5.60 Å². The third-order valence-electron chi connectivity index (χ3n) is 3.66. The van der Waals surface area contributed by atoms with Crippen LogP contribution < -0.4 is 0 Å². The number of amides is 1. The lowest BCUT2D eigenvalue weighted by Crippen LogP contribution is -2.49. The van der Waals surface area contributed by atoms with Crippen LogP contribution in [-0.2, 0) is 4.74 Å². The molecule has 20 heavy (non-hydrogen) atoms. The molecule has 1 unspecified atom stereocenters. The van der Waals surface area contributed by atoms with E-state index in [-0.39, 0.29) is 17.2 Å². The van der Waals surface area contributed by atoms with Crippen molar-refractivity contribution in [3.63, 3.8) is 0 Å². The monoisotopic (exact) mass is 278 g/mol. The molecule has 1 aromatic rings. The highest BCUT2D eigenvalue weighted by Gasteiger charge is 2.33. The van der Waals surface area contributed by atoms with Gasteiger partial charge in [-0.1, -0.05) is 0 Å². The lowest BCUT2D eigenvalue weighted by atomic mass is 9.94. The molecule has 1 aliphatic heterocycles. The average molecular weight is 278 g/mol. The highest BCUT2D eigenvalue weighted by atomic mass is 16.5. The first-order valence-corrected chi connectivity index (χ1v) is 6.49. The summed E-state index contributed by atoms with van der Waals surface area (Å²) in [5, 5.41) is 8.92. The largest absolute Gasteiger partial charge is 0.477 e. The fourth-order valence-corrected chi connectivity index (χ4v) is 2.41. The van der Waals surface area contributed by atoms with E-state index in [1.165, 1.54) is 18.3 Å². The Kier molecular flexibility index (Phi) is 4.04. The molecule has 2 heterocycles. The number of pyridine rings is 1. The minimum Gasteiger partial charge on any atom is -0.477 e. The smallest absolute Gasteiger partial charge is 0.354 e. The second kappa shape index (κ2) is 5.58. The van der Waals surface area contributed by atoms with Crippen LogP contribution in [-0.4, -0.2) is 52.7 Å². The molecule has 0 spiro atoms. The number of likely N-dealkylation sites (tertiary alicyclic amines) is 1. The first kappa shape index (κ1) is 14.5. The number of ether oxygens (including phenoxy) is 1. The molecule has 6 nitrogen and oxygen atoms in total. The molecule has 0 aliphatic carbocycles. The molecule has 1 amide bonds. The molecule has 6 heteroatoms. The summed E-state index contributed by atoms with van der Waals surface area (Å²) < 4.78 is 5.46. The van der Waals surface area contributed by atoms with Crippen LogP contribution >= 0.6 is 0 Å². The van der Waals surface area contributed by atoms with Crippen LogP contribution in [0.5, 0.6) is 0 Å². The van der Waals surface area contributed by atoms with E-state index in [0.29, 0.717) is 18.7 Å². The maximum atomic E-state index is 12.4. The molecule has 0 saturated carbocycles. The topological polar surface area (TPSA) is 79.7 Å². The van der Waals surface area contributed by atoms with E-state index in [0.717, 1.165) is 12.8 Å². The normalized spacial score (nSPS) is 22.6. The standard InChI is InChI=1S/C14H18N2O4/c1-14(20-2)5-3-7-16(9-14)12(17)10-4-6-15-11(8-10)13(18)19/h4,6,8H,3,5,7,9H2,1-2H3,(H,18,19). The van der Waals surface area contributed by atoms with E-state index < -0.39 is 5.97 Å². The molecule has 0 radical (unpaired) electrons. The number of piperidine rings is 1. The highest BCUT2D eigenvalue weighted by Crippen LogP contribution is 2.25. The maximum Gasteiger partial charge on any atom is 0.354 e. The van der Waals surface area contributed by atoms with Gasteiger partial charge in [0.1, 0.15) is 5.69 Å². The zero-order chi connectivity index (χ0) is 14.8. The van der Waals surface area contributed by atoms with Crippen molar-refractivity contribution in [3.05, 3.63) is 29.6 Å². The van der Waals surface area contributed by atoms with Gasteiger partial charge >= 0.3 is 5.97 Å². The fourth-order valence-electron chi connectivity index (χ4n) is 2.41. The van der Waals surface area contributed by atoms with Crippen molar-refractivity contribution in [3.8, 4) is 0 Å². The molecular weight excluding hydrogens is 260 g/mol. The number of nitrogens with zero attached hydrogens (tertiary/aromatic N) is 2. The minimum absolute atomic E-state index is 0.123. The molecule has 0 aromatic carbocycles. The Bertz CT molecular complexity index is 532. The third-order valence-corrected chi connectivity index (χ3v) is 3.66. The predicted molar refractivity (Wildman–Crippen MR) is 71.7 cm³/mol. The van der Waals surface area contributed by atoms with Gasteiger partial charge in [-0.25, -0.2) is 9.78 Å². The Hall–Kier alpha value is -1.95. The van der Waals surface area contributed by atoms with E-state index in [1.54, 1.807) is 12.0 Å². The molecule has 1 N–H and O–H groups in total. The van der Waals surface area contributed by atoms with Crippen molar-refractivity contribution in [2.75, 3.05) is 20.2 Å². The van der Waals surface area contributed by atoms with Gasteiger partial charge in [-0.3, -0.25) is 4.79 Å². The summed E-state index contributed by atoms with van der Waals surface area (Å²) in [6.07, 6.45) is 3.12. The SMILES string of the molecule is COC1(C)CCCN(C(=O)c2ccnc(C(=O)O)c2)C1. The zero-order valence-corrected chi connectivity index (χ0v) is 11.6. The Morgan fingerprint density at radius 2 is 2.25 bits per heavy atom. The van der Waals surface area contributed by atoms with Crippen LogP contribution in [0.25, 0.3) is 0 Å². The van der Waals surface area contributed by atoms with Gasteiger partial charge in [-0.15, -0.1) is 0 Å². The molecule has 0 bridgehead atoms. The first-order valence-electron chi connectivity index (χ1n) is 6.49. The van der Waals surface area contributed by atoms with Gasteiger partial charge in [-0.05, 0) is 31.9 Å². The number of aromatic carboxylic acids is 1. The zero-order valence-electron chi connectivity index (χ0n) is 11.6. The maximum absolute atomic E-state index is 12.4. The molecule has 1 atom stereocenters. The van der Waals surface area contributed by atoms with Crippen molar-refractivity contribution >= 4 is 11.9 Å². The number of methoxy groups -OCH3 is 1. The van der Waals surface area contributed by atoms with Crippen LogP contribution in [0, 0.1) is 0 Å². The summed E-state index contributed by atoms with van der Waals surface area (Å²) in [5.74, 6) is -1.32. The van der Waals surface area contributed by atoms with Gasteiger partial charge in [0.15, 0.2) is 0 Å². The van der Waals surface area contributed by atoms with Crippen molar-refractivity contribution in [2.24, 2.45) is 0 Å². The molecule has 2 rings (SSSR count).